The van der Waals surface area contributed by atoms with Crippen LogP contribution in [-0.2, 0) is 4.79 Å². The Morgan fingerprint density at radius 1 is 1.58 bits per heavy atom. The summed E-state index contributed by atoms with van der Waals surface area (Å²) >= 11 is 0. The van der Waals surface area contributed by atoms with Gasteiger partial charge in [-0.05, 0) is 6.42 Å². The number of hydrogen-bond donors (Lipinski definition) is 3. The summed E-state index contributed by atoms with van der Waals surface area (Å²) in [4.78, 5) is 10.9. The van der Waals surface area contributed by atoms with Crippen LogP contribution in [0, 0.1) is 0 Å². The molecule has 1 rings (SSSR count). The molecule has 1 heterocycles. The van der Waals surface area contributed by atoms with E-state index in [0.717, 1.165) is 13.0 Å². The second-order valence-corrected chi connectivity index (χ2v) is 2.57. The van der Waals surface area contributed by atoms with Crippen LogP contribution in [0.4, 0.5) is 0 Å². The zero-order chi connectivity index (χ0) is 9.56. The molecule has 0 aromatic carbocycles. The highest BCUT2D eigenvalue weighted by molar-refractivity contribution is 5.81. The topological polar surface area (TPSA) is 67.2 Å². The summed E-state index contributed by atoms with van der Waals surface area (Å²) < 4.78 is 0. The van der Waals surface area contributed by atoms with Gasteiger partial charge in [0.1, 0.15) is 0 Å². The molecule has 4 N–H and O–H groups in total. The van der Waals surface area contributed by atoms with Gasteiger partial charge in [-0.2, -0.15) is 0 Å². The second-order valence-electron chi connectivity index (χ2n) is 2.57. The third-order valence-electron chi connectivity index (χ3n) is 1.73. The number of likely N-dealkylation sites (N-methyl/N-ethyl adjacent to an activating group) is 1. The fourth-order valence-corrected chi connectivity index (χ4v) is 1.14. The van der Waals surface area contributed by atoms with E-state index in [1.54, 1.807) is 7.05 Å². The van der Waals surface area contributed by atoms with E-state index < -0.39 is 0 Å². The molecule has 12 heavy (non-hydrogen) atoms. The van der Waals surface area contributed by atoms with E-state index in [-0.39, 0.29) is 18.0 Å². The van der Waals surface area contributed by atoms with Crippen LogP contribution < -0.4 is 16.4 Å². The molecule has 0 aromatic rings. The third kappa shape index (κ3) is 3.19. The minimum atomic E-state index is -0.0694. The molecular formula is C8H19N3O. The molecule has 4 heteroatoms. The fraction of sp³-hybridized carbons (Fsp3) is 0.875. The van der Waals surface area contributed by atoms with Gasteiger partial charge >= 0.3 is 0 Å². The van der Waals surface area contributed by atoms with Gasteiger partial charge in [-0.25, -0.2) is 0 Å². The van der Waals surface area contributed by atoms with Gasteiger partial charge in [0.15, 0.2) is 0 Å². The highest BCUT2D eigenvalue weighted by atomic mass is 16.2. The summed E-state index contributed by atoms with van der Waals surface area (Å²) in [7, 11) is 1.63. The van der Waals surface area contributed by atoms with Crippen molar-refractivity contribution in [2.45, 2.75) is 32.4 Å². The van der Waals surface area contributed by atoms with E-state index in [1.807, 2.05) is 13.8 Å². The van der Waals surface area contributed by atoms with Crippen LogP contribution in [0.2, 0.25) is 0 Å². The molecule has 1 aliphatic rings. The van der Waals surface area contributed by atoms with Crippen molar-refractivity contribution >= 4 is 5.91 Å². The lowest BCUT2D eigenvalue weighted by Crippen LogP contribution is -2.38. The SMILES string of the molecule is CC.CNC(=O)C1CC(N)CN1. The van der Waals surface area contributed by atoms with Gasteiger partial charge in [0, 0.05) is 19.6 Å². The van der Waals surface area contributed by atoms with Gasteiger partial charge in [0.05, 0.1) is 6.04 Å². The molecule has 0 bridgehead atoms. The molecule has 1 fully saturated rings. The van der Waals surface area contributed by atoms with Crippen molar-refractivity contribution in [3.63, 3.8) is 0 Å². The van der Waals surface area contributed by atoms with Crippen molar-refractivity contribution in [2.24, 2.45) is 5.73 Å². The van der Waals surface area contributed by atoms with E-state index in [0.29, 0.717) is 0 Å². The van der Waals surface area contributed by atoms with Gasteiger partial charge in [0.2, 0.25) is 5.91 Å². The molecule has 1 aliphatic heterocycles. The van der Waals surface area contributed by atoms with Crippen LogP contribution in [0.5, 0.6) is 0 Å². The molecule has 0 spiro atoms. The minimum absolute atomic E-state index is 0.0351. The average molecular weight is 173 g/mol. The fourth-order valence-electron chi connectivity index (χ4n) is 1.14. The van der Waals surface area contributed by atoms with Crippen LogP contribution in [0.15, 0.2) is 0 Å². The Bertz CT molecular complexity index is 138. The van der Waals surface area contributed by atoms with Crippen LogP contribution in [0.25, 0.3) is 0 Å². The number of carbonyl (C=O) groups excluding carboxylic acids is 1. The number of hydrogen-bond acceptors (Lipinski definition) is 3. The molecule has 2 unspecified atom stereocenters. The van der Waals surface area contributed by atoms with E-state index in [1.165, 1.54) is 0 Å². The summed E-state index contributed by atoms with van der Waals surface area (Å²) in [6, 6.07) is 0.0716. The van der Waals surface area contributed by atoms with E-state index in [9.17, 15) is 4.79 Å². The lowest BCUT2D eigenvalue weighted by molar-refractivity contribution is -0.122. The minimum Gasteiger partial charge on any atom is -0.358 e. The maximum Gasteiger partial charge on any atom is 0.236 e. The molecule has 72 valence electrons. The van der Waals surface area contributed by atoms with Crippen LogP contribution in [0.3, 0.4) is 0 Å². The molecule has 1 amide bonds. The molecule has 0 saturated carbocycles. The molecule has 1 saturated heterocycles. The van der Waals surface area contributed by atoms with Crippen LogP contribution >= 0.6 is 0 Å². The Labute approximate surface area is 73.9 Å². The van der Waals surface area contributed by atoms with Gasteiger partial charge in [-0.1, -0.05) is 13.8 Å². The summed E-state index contributed by atoms with van der Waals surface area (Å²) in [5, 5.41) is 5.59. The summed E-state index contributed by atoms with van der Waals surface area (Å²) in [5.74, 6) is 0.0351. The standard InChI is InChI=1S/C6H13N3O.C2H6/c1-8-6(10)5-2-4(7)3-9-5;1-2/h4-5,9H,2-3,7H2,1H3,(H,8,10);1-2H3. The Balaban J connectivity index is 0.000000561. The van der Waals surface area contributed by atoms with Crippen molar-refractivity contribution in [3.05, 3.63) is 0 Å². The number of nitrogens with two attached hydrogens (primary N) is 1. The number of amides is 1. The first-order valence-corrected chi connectivity index (χ1v) is 4.44. The number of nitrogens with one attached hydrogen (secondary N) is 2. The summed E-state index contributed by atoms with van der Waals surface area (Å²) in [5.41, 5.74) is 5.58. The van der Waals surface area contributed by atoms with E-state index in [4.69, 9.17) is 5.73 Å². The summed E-state index contributed by atoms with van der Waals surface area (Å²) in [6.07, 6.45) is 0.750. The quantitative estimate of drug-likeness (QED) is 0.498. The first-order valence-electron chi connectivity index (χ1n) is 4.44. The Kier molecular flexibility index (Phi) is 5.66. The van der Waals surface area contributed by atoms with E-state index >= 15 is 0 Å². The zero-order valence-electron chi connectivity index (χ0n) is 8.05. The third-order valence-corrected chi connectivity index (χ3v) is 1.73. The Morgan fingerprint density at radius 2 is 2.17 bits per heavy atom. The first kappa shape index (κ1) is 11.4. The van der Waals surface area contributed by atoms with Crippen molar-refractivity contribution in [1.82, 2.24) is 10.6 Å². The van der Waals surface area contributed by atoms with Crippen molar-refractivity contribution in [1.29, 1.82) is 0 Å². The molecule has 2 atom stereocenters. The van der Waals surface area contributed by atoms with Crippen molar-refractivity contribution < 1.29 is 4.79 Å². The maximum absolute atomic E-state index is 10.9. The number of carbonyl (C=O) groups is 1. The molecule has 4 nitrogen and oxygen atoms in total. The normalized spacial score (nSPS) is 27.3. The first-order chi connectivity index (χ1) is 5.74. The number of rotatable bonds is 1. The highest BCUT2D eigenvalue weighted by Crippen LogP contribution is 2.03. The smallest absolute Gasteiger partial charge is 0.236 e. The lowest BCUT2D eigenvalue weighted by Gasteiger charge is -2.06. The second kappa shape index (κ2) is 5.97. The van der Waals surface area contributed by atoms with Crippen LogP contribution in [0.1, 0.15) is 20.3 Å². The van der Waals surface area contributed by atoms with Gasteiger partial charge in [0.25, 0.3) is 0 Å². The average Bonchev–Trinajstić information content (AvgIpc) is 2.54. The Hall–Kier alpha value is -0.610. The van der Waals surface area contributed by atoms with Gasteiger partial charge < -0.3 is 16.4 Å². The molecule has 0 radical (unpaired) electrons. The van der Waals surface area contributed by atoms with Gasteiger partial charge in [-0.15, -0.1) is 0 Å². The Morgan fingerprint density at radius 3 is 2.50 bits per heavy atom. The molecule has 0 aliphatic carbocycles. The predicted octanol–water partition coefficient (Wildman–Crippen LogP) is -0.552. The van der Waals surface area contributed by atoms with E-state index in [2.05, 4.69) is 10.6 Å². The molecular weight excluding hydrogens is 154 g/mol. The largest absolute Gasteiger partial charge is 0.358 e. The molecule has 0 aromatic heterocycles. The van der Waals surface area contributed by atoms with Crippen molar-refractivity contribution in [3.8, 4) is 0 Å². The maximum atomic E-state index is 10.9. The monoisotopic (exact) mass is 173 g/mol. The highest BCUT2D eigenvalue weighted by Gasteiger charge is 2.25. The van der Waals surface area contributed by atoms with Crippen molar-refractivity contribution in [2.75, 3.05) is 13.6 Å². The summed E-state index contributed by atoms with van der Waals surface area (Å²) in [6.45, 7) is 4.75. The van der Waals surface area contributed by atoms with Gasteiger partial charge in [-0.3, -0.25) is 4.79 Å². The zero-order valence-corrected chi connectivity index (χ0v) is 8.05. The predicted molar refractivity (Wildman–Crippen MR) is 49.8 cm³/mol. The lowest BCUT2D eigenvalue weighted by atomic mass is 10.2. The van der Waals surface area contributed by atoms with Crippen LogP contribution in [-0.4, -0.2) is 31.6 Å².